The highest BCUT2D eigenvalue weighted by Gasteiger charge is 2.00. The van der Waals surface area contributed by atoms with E-state index in [0.717, 1.165) is 18.7 Å². The number of benzene rings is 1. The van der Waals surface area contributed by atoms with Gasteiger partial charge < -0.3 is 10.6 Å². The van der Waals surface area contributed by atoms with Crippen LogP contribution in [0.5, 0.6) is 0 Å². The van der Waals surface area contributed by atoms with Gasteiger partial charge in [0.15, 0.2) is 0 Å². The van der Waals surface area contributed by atoms with Crippen molar-refractivity contribution in [3.05, 3.63) is 29.8 Å². The maximum absolute atomic E-state index is 11.8. The smallest absolute Gasteiger partial charge is 0.319 e. The lowest BCUT2D eigenvalue weighted by atomic mass is 10.0. The molecule has 166 valence electrons. The predicted octanol–water partition coefficient (Wildman–Crippen LogP) is 8.38. The Morgan fingerprint density at radius 1 is 0.655 bits per heavy atom. The summed E-state index contributed by atoms with van der Waals surface area (Å²) in [5.74, 6) is 0. The average Bonchev–Trinajstić information content (AvgIpc) is 2.72. The van der Waals surface area contributed by atoms with Gasteiger partial charge in [-0.1, -0.05) is 121 Å². The summed E-state index contributed by atoms with van der Waals surface area (Å²) in [5, 5.41) is 5.82. The van der Waals surface area contributed by atoms with Gasteiger partial charge in [-0.3, -0.25) is 0 Å². The maximum atomic E-state index is 11.8. The largest absolute Gasteiger partial charge is 0.338 e. The molecule has 0 heterocycles. The molecule has 0 aliphatic heterocycles. The number of hydrogen-bond acceptors (Lipinski definition) is 1. The van der Waals surface area contributed by atoms with E-state index in [9.17, 15) is 4.79 Å². The molecule has 0 radical (unpaired) electrons. The van der Waals surface area contributed by atoms with Gasteiger partial charge >= 0.3 is 6.03 Å². The van der Waals surface area contributed by atoms with Crippen LogP contribution in [0.2, 0.25) is 0 Å². The predicted molar refractivity (Wildman–Crippen MR) is 128 cm³/mol. The molecule has 2 amide bonds. The molecule has 0 spiro atoms. The van der Waals surface area contributed by atoms with Crippen molar-refractivity contribution in [2.75, 3.05) is 11.9 Å². The first-order valence-electron chi connectivity index (χ1n) is 12.3. The Morgan fingerprint density at radius 2 is 1.07 bits per heavy atom. The van der Waals surface area contributed by atoms with Crippen LogP contribution >= 0.6 is 0 Å². The average molecular weight is 403 g/mol. The van der Waals surface area contributed by atoms with Crippen LogP contribution in [0, 0.1) is 6.92 Å². The quantitative estimate of drug-likeness (QED) is 0.238. The van der Waals surface area contributed by atoms with Crippen molar-refractivity contribution in [3.8, 4) is 0 Å². The Balaban J connectivity index is 1.77. The first kappa shape index (κ1) is 25.5. The van der Waals surface area contributed by atoms with Gasteiger partial charge in [-0.25, -0.2) is 4.79 Å². The SMILES string of the molecule is CCCCCCCCCCCCCCCCCCNC(=O)Nc1ccc(C)cc1. The molecule has 0 atom stereocenters. The van der Waals surface area contributed by atoms with E-state index in [1.54, 1.807) is 0 Å². The van der Waals surface area contributed by atoms with Crippen molar-refractivity contribution in [1.82, 2.24) is 5.32 Å². The third-order valence-electron chi connectivity index (χ3n) is 5.63. The van der Waals surface area contributed by atoms with E-state index < -0.39 is 0 Å². The monoisotopic (exact) mass is 402 g/mol. The fourth-order valence-electron chi connectivity index (χ4n) is 3.69. The van der Waals surface area contributed by atoms with E-state index in [-0.39, 0.29) is 6.03 Å². The molecule has 0 unspecified atom stereocenters. The summed E-state index contributed by atoms with van der Waals surface area (Å²) >= 11 is 0. The highest BCUT2D eigenvalue weighted by atomic mass is 16.2. The summed E-state index contributed by atoms with van der Waals surface area (Å²) in [4.78, 5) is 11.8. The van der Waals surface area contributed by atoms with E-state index in [1.165, 1.54) is 102 Å². The van der Waals surface area contributed by atoms with Crippen LogP contribution in [0.15, 0.2) is 24.3 Å². The topological polar surface area (TPSA) is 41.1 Å². The molecule has 2 N–H and O–H groups in total. The molecular formula is C26H46N2O. The second kappa shape index (κ2) is 18.5. The molecule has 0 saturated heterocycles. The Hall–Kier alpha value is -1.51. The fourth-order valence-corrected chi connectivity index (χ4v) is 3.69. The van der Waals surface area contributed by atoms with Gasteiger partial charge in [-0.2, -0.15) is 0 Å². The van der Waals surface area contributed by atoms with E-state index in [2.05, 4.69) is 17.6 Å². The Kier molecular flexibility index (Phi) is 16.3. The lowest BCUT2D eigenvalue weighted by Gasteiger charge is -2.08. The number of amides is 2. The summed E-state index contributed by atoms with van der Waals surface area (Å²) in [6.45, 7) is 5.09. The summed E-state index contributed by atoms with van der Waals surface area (Å²) in [7, 11) is 0. The minimum absolute atomic E-state index is 0.102. The number of carbonyl (C=O) groups is 1. The molecule has 0 bridgehead atoms. The van der Waals surface area contributed by atoms with Crippen LogP contribution in [0.25, 0.3) is 0 Å². The molecule has 1 aromatic rings. The minimum Gasteiger partial charge on any atom is -0.338 e. The minimum atomic E-state index is -0.102. The number of rotatable bonds is 18. The number of hydrogen-bond donors (Lipinski definition) is 2. The lowest BCUT2D eigenvalue weighted by molar-refractivity contribution is 0.252. The second-order valence-corrected chi connectivity index (χ2v) is 8.55. The summed E-state index contributed by atoms with van der Waals surface area (Å²) in [6.07, 6.45) is 21.9. The molecule has 3 nitrogen and oxygen atoms in total. The number of carbonyl (C=O) groups excluding carboxylic acids is 1. The molecule has 3 heteroatoms. The summed E-state index contributed by atoms with van der Waals surface area (Å²) in [6, 6.07) is 7.78. The molecule has 1 aromatic carbocycles. The molecule has 1 rings (SSSR count). The molecule has 0 fully saturated rings. The van der Waals surface area contributed by atoms with Gasteiger partial charge in [-0.05, 0) is 25.5 Å². The van der Waals surface area contributed by atoms with Crippen molar-refractivity contribution in [2.24, 2.45) is 0 Å². The zero-order valence-corrected chi connectivity index (χ0v) is 19.2. The number of unbranched alkanes of at least 4 members (excludes halogenated alkanes) is 15. The van der Waals surface area contributed by atoms with Crippen LogP contribution in [0.1, 0.15) is 115 Å². The summed E-state index contributed by atoms with van der Waals surface area (Å²) in [5.41, 5.74) is 2.05. The molecule has 0 aromatic heterocycles. The third-order valence-corrected chi connectivity index (χ3v) is 5.63. The lowest BCUT2D eigenvalue weighted by Crippen LogP contribution is -2.29. The van der Waals surface area contributed by atoms with E-state index in [0.29, 0.717) is 0 Å². The first-order valence-corrected chi connectivity index (χ1v) is 12.3. The molecule has 0 aliphatic carbocycles. The van der Waals surface area contributed by atoms with Gasteiger partial charge in [0.1, 0.15) is 0 Å². The van der Waals surface area contributed by atoms with Crippen LogP contribution < -0.4 is 10.6 Å². The molecular weight excluding hydrogens is 356 g/mol. The molecule has 29 heavy (non-hydrogen) atoms. The Labute approximate surface area is 180 Å². The van der Waals surface area contributed by atoms with Crippen LogP contribution in [0.3, 0.4) is 0 Å². The van der Waals surface area contributed by atoms with Crippen molar-refractivity contribution in [1.29, 1.82) is 0 Å². The molecule has 0 aliphatic rings. The molecule has 0 saturated carbocycles. The zero-order valence-electron chi connectivity index (χ0n) is 19.2. The Bertz CT molecular complexity index is 498. The highest BCUT2D eigenvalue weighted by Crippen LogP contribution is 2.13. The van der Waals surface area contributed by atoms with Crippen LogP contribution in [0.4, 0.5) is 10.5 Å². The normalized spacial score (nSPS) is 10.8. The van der Waals surface area contributed by atoms with Gasteiger partial charge in [0.25, 0.3) is 0 Å². The fraction of sp³-hybridized carbons (Fsp3) is 0.731. The van der Waals surface area contributed by atoms with E-state index in [4.69, 9.17) is 0 Å². The number of nitrogens with one attached hydrogen (secondary N) is 2. The summed E-state index contributed by atoms with van der Waals surface area (Å²) < 4.78 is 0. The number of aryl methyl sites for hydroxylation is 1. The maximum Gasteiger partial charge on any atom is 0.319 e. The van der Waals surface area contributed by atoms with Gasteiger partial charge in [0.2, 0.25) is 0 Å². The highest BCUT2D eigenvalue weighted by molar-refractivity contribution is 5.89. The van der Waals surface area contributed by atoms with Crippen LogP contribution in [-0.4, -0.2) is 12.6 Å². The van der Waals surface area contributed by atoms with Gasteiger partial charge in [0.05, 0.1) is 0 Å². The number of urea groups is 1. The van der Waals surface area contributed by atoms with Crippen molar-refractivity contribution < 1.29 is 4.79 Å². The standard InChI is InChI=1S/C26H46N2O/c1-3-4-5-6-7-8-9-10-11-12-13-14-15-16-17-18-23-27-26(29)28-25-21-19-24(2)20-22-25/h19-22H,3-18,23H2,1-2H3,(H2,27,28,29). The van der Waals surface area contributed by atoms with Crippen molar-refractivity contribution >= 4 is 11.7 Å². The van der Waals surface area contributed by atoms with Crippen LogP contribution in [-0.2, 0) is 0 Å². The Morgan fingerprint density at radius 3 is 1.52 bits per heavy atom. The van der Waals surface area contributed by atoms with E-state index in [1.807, 2.05) is 31.2 Å². The first-order chi connectivity index (χ1) is 14.2. The zero-order chi connectivity index (χ0) is 21.0. The van der Waals surface area contributed by atoms with Gasteiger partial charge in [-0.15, -0.1) is 0 Å². The van der Waals surface area contributed by atoms with E-state index >= 15 is 0 Å². The second-order valence-electron chi connectivity index (χ2n) is 8.55. The van der Waals surface area contributed by atoms with Crippen molar-refractivity contribution in [3.63, 3.8) is 0 Å². The third kappa shape index (κ3) is 16.0. The van der Waals surface area contributed by atoms with Crippen molar-refractivity contribution in [2.45, 2.75) is 117 Å². The number of anilines is 1. The van der Waals surface area contributed by atoms with Gasteiger partial charge in [0, 0.05) is 12.2 Å².